The van der Waals surface area contributed by atoms with Crippen LogP contribution in [0.25, 0.3) is 27.7 Å². The van der Waals surface area contributed by atoms with Crippen LogP contribution >= 0.6 is 0 Å². The van der Waals surface area contributed by atoms with Crippen molar-refractivity contribution >= 4 is 22.3 Å². The van der Waals surface area contributed by atoms with Gasteiger partial charge in [0.25, 0.3) is 0 Å². The average molecular weight is 426 g/mol. The normalized spacial score (nSPS) is 12.8. The Kier molecular flexibility index (Phi) is 4.67. The van der Waals surface area contributed by atoms with Crippen molar-refractivity contribution in [2.75, 3.05) is 7.11 Å². The summed E-state index contributed by atoms with van der Waals surface area (Å²) in [5, 5.41) is 0.605. The smallest absolute Gasteiger partial charge is 0.229 e. The van der Waals surface area contributed by atoms with Gasteiger partial charge in [0.2, 0.25) is 5.78 Å². The van der Waals surface area contributed by atoms with E-state index in [2.05, 4.69) is 6.58 Å². The molecular formula is C27H19FO4. The fourth-order valence-electron chi connectivity index (χ4n) is 4.03. The molecule has 0 fully saturated rings. The number of hydrogen-bond acceptors (Lipinski definition) is 4. The molecule has 0 N–H and O–H groups in total. The molecule has 3 aromatic carbocycles. The van der Waals surface area contributed by atoms with Gasteiger partial charge < -0.3 is 13.9 Å². The maximum Gasteiger partial charge on any atom is 0.229 e. The van der Waals surface area contributed by atoms with Crippen LogP contribution in [0.3, 0.4) is 0 Å². The summed E-state index contributed by atoms with van der Waals surface area (Å²) in [4.78, 5) is 13.5. The van der Waals surface area contributed by atoms with Gasteiger partial charge >= 0.3 is 0 Å². The zero-order valence-corrected chi connectivity index (χ0v) is 17.6. The number of hydrogen-bond donors (Lipinski definition) is 0. The topological polar surface area (TPSA) is 48.7 Å². The Morgan fingerprint density at radius 3 is 2.66 bits per heavy atom. The number of carbonyl (C=O) groups is 1. The molecule has 158 valence electrons. The molecule has 0 spiro atoms. The van der Waals surface area contributed by atoms with Gasteiger partial charge in [-0.05, 0) is 60.5 Å². The van der Waals surface area contributed by atoms with Crippen LogP contribution in [0.4, 0.5) is 4.39 Å². The predicted octanol–water partition coefficient (Wildman–Crippen LogP) is 6.79. The van der Waals surface area contributed by atoms with Crippen LogP contribution in [0.1, 0.15) is 28.6 Å². The zero-order chi connectivity index (χ0) is 22.4. The average Bonchev–Trinajstić information content (AvgIpc) is 3.18. The molecule has 0 atom stereocenters. The van der Waals surface area contributed by atoms with Crippen molar-refractivity contribution in [3.8, 4) is 22.6 Å². The second kappa shape index (κ2) is 7.54. The Balaban J connectivity index is 1.83. The molecular weight excluding hydrogens is 407 g/mol. The van der Waals surface area contributed by atoms with Crippen molar-refractivity contribution in [1.82, 2.24) is 0 Å². The third-order valence-corrected chi connectivity index (χ3v) is 5.50. The lowest BCUT2D eigenvalue weighted by Gasteiger charge is -2.19. The number of furan rings is 1. The number of methoxy groups -OCH3 is 1. The number of benzene rings is 3. The molecule has 32 heavy (non-hydrogen) atoms. The molecule has 0 saturated carbocycles. The Morgan fingerprint density at radius 1 is 1.06 bits per heavy atom. The highest BCUT2D eigenvalue weighted by Crippen LogP contribution is 2.46. The Labute approximate surface area is 184 Å². The molecule has 5 heteroatoms. The monoisotopic (exact) mass is 426 g/mol. The highest BCUT2D eigenvalue weighted by Gasteiger charge is 2.28. The number of ketones is 1. The highest BCUT2D eigenvalue weighted by molar-refractivity contribution is 6.17. The molecule has 1 aliphatic heterocycles. The number of carbonyl (C=O) groups excluding carboxylic acids is 1. The summed E-state index contributed by atoms with van der Waals surface area (Å²) in [6.07, 6.45) is 1.85. The minimum absolute atomic E-state index is 0.105. The molecule has 1 aliphatic rings. The van der Waals surface area contributed by atoms with Gasteiger partial charge in [-0.3, -0.25) is 4.79 Å². The number of fused-ring (bicyclic) bond motifs is 3. The van der Waals surface area contributed by atoms with Crippen molar-refractivity contribution in [1.29, 1.82) is 0 Å². The molecule has 1 aromatic heterocycles. The molecule has 0 aliphatic carbocycles. The van der Waals surface area contributed by atoms with Crippen LogP contribution < -0.4 is 9.47 Å². The van der Waals surface area contributed by atoms with Crippen LogP contribution in [0.15, 0.2) is 83.5 Å². The molecule has 4 aromatic rings. The minimum atomic E-state index is -0.414. The van der Waals surface area contributed by atoms with E-state index in [9.17, 15) is 9.18 Å². The number of ether oxygens (including phenoxy) is 2. The SMILES string of the molecule is C=C1C=C(C)c2ccc3oc(C(=O)c4cccc(OC)c4)c(-c4cccc(F)c4)c3c2O1. The summed E-state index contributed by atoms with van der Waals surface area (Å²) in [6.45, 7) is 5.89. The lowest BCUT2D eigenvalue weighted by Crippen LogP contribution is -2.03. The predicted molar refractivity (Wildman–Crippen MR) is 121 cm³/mol. The summed E-state index contributed by atoms with van der Waals surface area (Å²) >= 11 is 0. The summed E-state index contributed by atoms with van der Waals surface area (Å²) < 4.78 is 31.5. The fraction of sp³-hybridized carbons (Fsp3) is 0.0741. The van der Waals surface area contributed by atoms with Crippen molar-refractivity contribution in [3.05, 3.63) is 102 Å². The van der Waals surface area contributed by atoms with Gasteiger partial charge in [-0.25, -0.2) is 4.39 Å². The third-order valence-electron chi connectivity index (χ3n) is 5.50. The van der Waals surface area contributed by atoms with E-state index in [1.54, 1.807) is 42.5 Å². The first-order chi connectivity index (χ1) is 15.5. The van der Waals surface area contributed by atoms with Crippen LogP contribution in [0.2, 0.25) is 0 Å². The third kappa shape index (κ3) is 3.19. The van der Waals surface area contributed by atoms with E-state index in [1.807, 2.05) is 19.1 Å². The van der Waals surface area contributed by atoms with Gasteiger partial charge in [-0.1, -0.05) is 30.8 Å². The lowest BCUT2D eigenvalue weighted by atomic mass is 9.94. The molecule has 0 bridgehead atoms. The summed E-state index contributed by atoms with van der Waals surface area (Å²) in [6, 6.07) is 16.6. The molecule has 0 amide bonds. The first-order valence-corrected chi connectivity index (χ1v) is 10.1. The largest absolute Gasteiger partial charge is 0.497 e. The molecule has 4 nitrogen and oxygen atoms in total. The maximum atomic E-state index is 14.2. The van der Waals surface area contributed by atoms with E-state index in [4.69, 9.17) is 13.9 Å². The van der Waals surface area contributed by atoms with Crippen molar-refractivity contribution in [2.24, 2.45) is 0 Å². The van der Waals surface area contributed by atoms with Crippen LogP contribution in [0.5, 0.6) is 11.5 Å². The summed E-state index contributed by atoms with van der Waals surface area (Å²) in [5.74, 6) is 0.929. The van der Waals surface area contributed by atoms with E-state index in [1.165, 1.54) is 19.2 Å². The zero-order valence-electron chi connectivity index (χ0n) is 17.6. The second-order valence-electron chi connectivity index (χ2n) is 7.59. The number of halogens is 1. The van der Waals surface area contributed by atoms with E-state index in [-0.39, 0.29) is 11.5 Å². The van der Waals surface area contributed by atoms with E-state index in [0.717, 1.165) is 11.1 Å². The van der Waals surface area contributed by atoms with E-state index >= 15 is 0 Å². The van der Waals surface area contributed by atoms with Gasteiger partial charge in [-0.15, -0.1) is 0 Å². The standard InChI is InChI=1S/C27H19FO4/c1-15-12-16(2)31-26-21(15)10-11-22-24(26)23(17-6-4-8-19(28)13-17)27(32-22)25(29)18-7-5-9-20(14-18)30-3/h4-14H,2H2,1,3H3. The maximum absolute atomic E-state index is 14.2. The highest BCUT2D eigenvalue weighted by atomic mass is 19.1. The Hall–Kier alpha value is -4.12. The quantitative estimate of drug-likeness (QED) is 0.337. The fourth-order valence-corrected chi connectivity index (χ4v) is 4.03. The molecule has 5 rings (SSSR count). The van der Waals surface area contributed by atoms with E-state index in [0.29, 0.717) is 44.9 Å². The Morgan fingerprint density at radius 2 is 1.88 bits per heavy atom. The number of rotatable bonds is 4. The summed E-state index contributed by atoms with van der Waals surface area (Å²) in [5.41, 5.74) is 3.71. The summed E-state index contributed by atoms with van der Waals surface area (Å²) in [7, 11) is 1.54. The first kappa shape index (κ1) is 19.8. The molecule has 0 saturated heterocycles. The van der Waals surface area contributed by atoms with Crippen molar-refractivity contribution in [2.45, 2.75) is 6.92 Å². The number of allylic oxidation sites excluding steroid dienone is 2. The van der Waals surface area contributed by atoms with Crippen LogP contribution in [-0.4, -0.2) is 12.9 Å². The van der Waals surface area contributed by atoms with Crippen LogP contribution in [0, 0.1) is 5.82 Å². The van der Waals surface area contributed by atoms with Gasteiger partial charge in [-0.2, -0.15) is 0 Å². The van der Waals surface area contributed by atoms with Gasteiger partial charge in [0.1, 0.15) is 28.7 Å². The lowest BCUT2D eigenvalue weighted by molar-refractivity contribution is 0.101. The second-order valence-corrected chi connectivity index (χ2v) is 7.59. The van der Waals surface area contributed by atoms with Gasteiger partial charge in [0.05, 0.1) is 12.5 Å². The van der Waals surface area contributed by atoms with E-state index < -0.39 is 5.82 Å². The van der Waals surface area contributed by atoms with Crippen LogP contribution in [-0.2, 0) is 0 Å². The minimum Gasteiger partial charge on any atom is -0.497 e. The molecule has 2 heterocycles. The molecule has 0 radical (unpaired) electrons. The van der Waals surface area contributed by atoms with Crippen molar-refractivity contribution in [3.63, 3.8) is 0 Å². The van der Waals surface area contributed by atoms with Gasteiger partial charge in [0, 0.05) is 16.7 Å². The first-order valence-electron chi connectivity index (χ1n) is 10.1. The van der Waals surface area contributed by atoms with Gasteiger partial charge in [0.15, 0.2) is 5.76 Å². The Bertz CT molecular complexity index is 1440. The molecule has 0 unspecified atom stereocenters. The van der Waals surface area contributed by atoms with Crippen molar-refractivity contribution < 1.29 is 23.1 Å².